The molecule has 178 valence electrons. The van der Waals surface area contributed by atoms with Crippen LogP contribution < -0.4 is 0 Å². The maximum absolute atomic E-state index is 5.51. The molecule has 0 aromatic carbocycles. The summed E-state index contributed by atoms with van der Waals surface area (Å²) in [5.74, 6) is 0. The number of hydrogen-bond donors (Lipinski definition) is 1. The molecule has 2 fully saturated rings. The Labute approximate surface area is 199 Å². The van der Waals surface area contributed by atoms with Crippen molar-refractivity contribution in [2.24, 2.45) is 0 Å². The third-order valence-corrected chi connectivity index (χ3v) is 7.43. The summed E-state index contributed by atoms with van der Waals surface area (Å²) >= 11 is 0. The number of aromatic nitrogens is 7. The molecule has 0 bridgehead atoms. The molecular formula is C25H32N8O. The van der Waals surface area contributed by atoms with Crippen LogP contribution in [0, 0.1) is 6.92 Å². The summed E-state index contributed by atoms with van der Waals surface area (Å²) in [4.78, 5) is 15.5. The lowest BCUT2D eigenvalue weighted by molar-refractivity contribution is 0.0662. The molecule has 0 saturated carbocycles. The second kappa shape index (κ2) is 8.96. The van der Waals surface area contributed by atoms with Gasteiger partial charge >= 0.3 is 0 Å². The molecule has 9 nitrogen and oxygen atoms in total. The summed E-state index contributed by atoms with van der Waals surface area (Å²) in [5, 5.41) is 9.51. The molecule has 2 aliphatic rings. The maximum atomic E-state index is 5.51. The van der Waals surface area contributed by atoms with E-state index in [2.05, 4.69) is 43.5 Å². The van der Waals surface area contributed by atoms with Crippen LogP contribution in [0.15, 0.2) is 31.0 Å². The van der Waals surface area contributed by atoms with E-state index in [1.807, 2.05) is 25.5 Å². The molecule has 9 heteroatoms. The van der Waals surface area contributed by atoms with Crippen LogP contribution in [0.5, 0.6) is 0 Å². The van der Waals surface area contributed by atoms with E-state index in [0.29, 0.717) is 12.1 Å². The average molecular weight is 461 g/mol. The first-order valence-electron chi connectivity index (χ1n) is 12.4. The number of ether oxygens (including phenoxy) is 1. The third-order valence-electron chi connectivity index (χ3n) is 7.43. The first-order valence-corrected chi connectivity index (χ1v) is 12.4. The van der Waals surface area contributed by atoms with Crippen LogP contribution >= 0.6 is 0 Å². The average Bonchev–Trinajstić information content (AvgIpc) is 3.62. The van der Waals surface area contributed by atoms with E-state index in [0.717, 1.165) is 97.8 Å². The number of rotatable bonds is 5. The Bertz CT molecular complexity index is 1270. The molecule has 0 radical (unpaired) electrons. The molecule has 4 aromatic heterocycles. The maximum Gasteiger partial charge on any atom is 0.156 e. The van der Waals surface area contributed by atoms with E-state index in [9.17, 15) is 0 Å². The monoisotopic (exact) mass is 460 g/mol. The molecule has 0 amide bonds. The lowest BCUT2D eigenvalue weighted by atomic mass is 10.1. The minimum Gasteiger partial charge on any atom is -0.381 e. The number of hydrogen-bond acceptors (Lipinski definition) is 6. The van der Waals surface area contributed by atoms with Crippen molar-refractivity contribution in [1.82, 2.24) is 39.4 Å². The van der Waals surface area contributed by atoms with Crippen LogP contribution in [-0.4, -0.2) is 72.3 Å². The zero-order chi connectivity index (χ0) is 23.1. The summed E-state index contributed by atoms with van der Waals surface area (Å²) in [6.45, 7) is 9.27. The molecule has 4 aromatic rings. The molecule has 0 atom stereocenters. The van der Waals surface area contributed by atoms with Gasteiger partial charge in [-0.15, -0.1) is 0 Å². The summed E-state index contributed by atoms with van der Waals surface area (Å²) < 4.78 is 9.74. The number of H-pyrrole nitrogens is 1. The van der Waals surface area contributed by atoms with Crippen molar-refractivity contribution in [3.05, 3.63) is 36.7 Å². The van der Waals surface area contributed by atoms with Crippen molar-refractivity contribution in [3.8, 4) is 22.4 Å². The molecule has 0 spiro atoms. The van der Waals surface area contributed by atoms with E-state index in [1.54, 1.807) is 0 Å². The zero-order valence-corrected chi connectivity index (χ0v) is 19.9. The third kappa shape index (κ3) is 3.92. The van der Waals surface area contributed by atoms with E-state index < -0.39 is 0 Å². The van der Waals surface area contributed by atoms with Gasteiger partial charge in [0.2, 0.25) is 0 Å². The summed E-state index contributed by atoms with van der Waals surface area (Å²) in [7, 11) is 0. The Kier molecular flexibility index (Phi) is 5.66. The SMILES string of the molecule is CCN1CCC(n2cc(-c3c[nH]c4ncc(-c5cn(C6CCOCC6)nc5C)nc34)cn2)CC1. The molecular weight excluding hydrogens is 428 g/mol. The molecule has 34 heavy (non-hydrogen) atoms. The quantitative estimate of drug-likeness (QED) is 0.484. The zero-order valence-electron chi connectivity index (χ0n) is 19.9. The van der Waals surface area contributed by atoms with Gasteiger partial charge in [0.15, 0.2) is 5.65 Å². The number of piperidine rings is 1. The smallest absolute Gasteiger partial charge is 0.156 e. The van der Waals surface area contributed by atoms with Gasteiger partial charge in [-0.25, -0.2) is 9.97 Å². The van der Waals surface area contributed by atoms with Crippen molar-refractivity contribution >= 4 is 11.2 Å². The van der Waals surface area contributed by atoms with E-state index in [-0.39, 0.29) is 0 Å². The minimum absolute atomic E-state index is 0.385. The molecule has 6 heterocycles. The number of nitrogens with one attached hydrogen (secondary N) is 1. The van der Waals surface area contributed by atoms with Crippen molar-refractivity contribution in [1.29, 1.82) is 0 Å². The van der Waals surface area contributed by atoms with Crippen molar-refractivity contribution < 1.29 is 4.74 Å². The van der Waals surface area contributed by atoms with Crippen LogP contribution in [0.3, 0.4) is 0 Å². The largest absolute Gasteiger partial charge is 0.381 e. The second-order valence-electron chi connectivity index (χ2n) is 9.48. The summed E-state index contributed by atoms with van der Waals surface area (Å²) in [5.41, 5.74) is 6.63. The van der Waals surface area contributed by atoms with Gasteiger partial charge in [-0.05, 0) is 39.2 Å². The molecule has 2 aliphatic heterocycles. The van der Waals surface area contributed by atoms with Gasteiger partial charge in [0, 0.05) is 61.6 Å². The lowest BCUT2D eigenvalue weighted by Gasteiger charge is -2.31. The van der Waals surface area contributed by atoms with Gasteiger partial charge in [-0.3, -0.25) is 9.36 Å². The Morgan fingerprint density at radius 3 is 2.59 bits per heavy atom. The summed E-state index contributed by atoms with van der Waals surface area (Å²) in [6.07, 6.45) is 14.3. The highest BCUT2D eigenvalue weighted by Gasteiger charge is 2.22. The fraction of sp³-hybridized carbons (Fsp3) is 0.520. The standard InChI is InChI=1S/C25H32N8O/c1-3-31-8-4-19(5-9-31)32-15-18(12-28-32)21-13-26-25-24(21)29-23(14-27-25)22-16-33(30-17(22)2)20-6-10-34-11-7-20/h12-16,19-20H,3-11H2,1-2H3,(H,26,27). The number of likely N-dealkylation sites (tertiary alicyclic amines) is 1. The highest BCUT2D eigenvalue weighted by atomic mass is 16.5. The highest BCUT2D eigenvalue weighted by molar-refractivity contribution is 5.91. The molecule has 1 N–H and O–H groups in total. The van der Waals surface area contributed by atoms with Gasteiger partial charge in [-0.1, -0.05) is 6.92 Å². The summed E-state index contributed by atoms with van der Waals surface area (Å²) in [6, 6.07) is 0.845. The Hall–Kier alpha value is -3.04. The van der Waals surface area contributed by atoms with Gasteiger partial charge in [0.1, 0.15) is 5.52 Å². The fourth-order valence-corrected chi connectivity index (χ4v) is 5.29. The van der Waals surface area contributed by atoms with Gasteiger partial charge in [-0.2, -0.15) is 10.2 Å². The Morgan fingerprint density at radius 1 is 1.00 bits per heavy atom. The topological polar surface area (TPSA) is 89.7 Å². The van der Waals surface area contributed by atoms with Crippen LogP contribution in [-0.2, 0) is 4.74 Å². The van der Waals surface area contributed by atoms with Crippen LogP contribution in [0.1, 0.15) is 50.4 Å². The minimum atomic E-state index is 0.385. The molecule has 6 rings (SSSR count). The molecule has 2 saturated heterocycles. The van der Waals surface area contributed by atoms with Gasteiger partial charge in [0.05, 0.1) is 35.9 Å². The predicted octanol–water partition coefficient (Wildman–Crippen LogP) is 4.00. The van der Waals surface area contributed by atoms with Crippen molar-refractivity contribution in [2.45, 2.75) is 51.6 Å². The Balaban J connectivity index is 1.29. The number of aromatic amines is 1. The number of aryl methyl sites for hydroxylation is 1. The lowest BCUT2D eigenvalue weighted by Crippen LogP contribution is -2.34. The van der Waals surface area contributed by atoms with Crippen LogP contribution in [0.2, 0.25) is 0 Å². The first-order chi connectivity index (χ1) is 16.7. The first kappa shape index (κ1) is 21.5. The second-order valence-corrected chi connectivity index (χ2v) is 9.48. The van der Waals surface area contributed by atoms with E-state index in [1.165, 1.54) is 0 Å². The van der Waals surface area contributed by atoms with Gasteiger partial charge in [0.25, 0.3) is 0 Å². The van der Waals surface area contributed by atoms with Crippen molar-refractivity contribution in [3.63, 3.8) is 0 Å². The normalized spacial score (nSPS) is 18.8. The Morgan fingerprint density at radius 2 is 1.79 bits per heavy atom. The molecule has 0 aliphatic carbocycles. The predicted molar refractivity (Wildman–Crippen MR) is 131 cm³/mol. The fourth-order valence-electron chi connectivity index (χ4n) is 5.29. The molecule has 0 unspecified atom stereocenters. The number of nitrogens with zero attached hydrogens (tertiary/aromatic N) is 7. The van der Waals surface area contributed by atoms with Gasteiger partial charge < -0.3 is 14.6 Å². The highest BCUT2D eigenvalue weighted by Crippen LogP contribution is 2.31. The van der Waals surface area contributed by atoms with Crippen molar-refractivity contribution in [2.75, 3.05) is 32.8 Å². The van der Waals surface area contributed by atoms with Crippen LogP contribution in [0.25, 0.3) is 33.5 Å². The van der Waals surface area contributed by atoms with Crippen LogP contribution in [0.4, 0.5) is 0 Å². The van der Waals surface area contributed by atoms with E-state index in [4.69, 9.17) is 19.9 Å². The number of fused-ring (bicyclic) bond motifs is 1. The van der Waals surface area contributed by atoms with E-state index >= 15 is 0 Å².